The van der Waals surface area contributed by atoms with Gasteiger partial charge in [0.15, 0.2) is 0 Å². The van der Waals surface area contributed by atoms with E-state index in [1.807, 2.05) is 0 Å². The van der Waals surface area contributed by atoms with E-state index < -0.39 is 0 Å². The molecule has 5 nitrogen and oxygen atoms in total. The fraction of sp³-hybridized carbons (Fsp3) is 0.125. The molecule has 0 aromatic carbocycles. The van der Waals surface area contributed by atoms with Crippen molar-refractivity contribution in [1.82, 2.24) is 19.7 Å². The predicted molar refractivity (Wildman–Crippen MR) is 50.1 cm³/mol. The van der Waals surface area contributed by atoms with E-state index in [4.69, 9.17) is 16.7 Å². The minimum absolute atomic E-state index is 0.0693. The number of rotatable bonds is 2. The van der Waals surface area contributed by atoms with Crippen molar-refractivity contribution in [3.63, 3.8) is 0 Å². The van der Waals surface area contributed by atoms with Crippen molar-refractivity contribution in [2.24, 2.45) is 0 Å². The Morgan fingerprint density at radius 2 is 2.00 bits per heavy atom. The van der Waals surface area contributed by atoms with Crippen LogP contribution in [0.2, 0.25) is 5.02 Å². The van der Waals surface area contributed by atoms with Crippen LogP contribution in [0.1, 0.15) is 5.56 Å². The number of hydrogen-bond donors (Lipinski definition) is 1. The molecule has 2 aromatic heterocycles. The fourth-order valence-corrected chi connectivity index (χ4v) is 1.09. The summed E-state index contributed by atoms with van der Waals surface area (Å²) >= 11 is 5.69. The van der Waals surface area contributed by atoms with Gasteiger partial charge in [0.05, 0.1) is 24.0 Å². The quantitative estimate of drug-likeness (QED) is 0.797. The summed E-state index contributed by atoms with van der Waals surface area (Å²) in [6.45, 7) is -0.0693. The summed E-state index contributed by atoms with van der Waals surface area (Å²) in [6, 6.07) is 0. The third-order valence-corrected chi connectivity index (χ3v) is 1.83. The van der Waals surface area contributed by atoms with Gasteiger partial charge in [-0.05, 0) is 0 Å². The highest BCUT2D eigenvalue weighted by molar-refractivity contribution is 6.30. The van der Waals surface area contributed by atoms with E-state index in [-0.39, 0.29) is 6.61 Å². The molecule has 0 fully saturated rings. The second-order valence-corrected chi connectivity index (χ2v) is 3.09. The first-order valence-corrected chi connectivity index (χ1v) is 4.30. The summed E-state index contributed by atoms with van der Waals surface area (Å²) < 4.78 is 1.46. The van der Waals surface area contributed by atoms with Gasteiger partial charge in [0.2, 0.25) is 5.95 Å². The average molecular weight is 211 g/mol. The van der Waals surface area contributed by atoms with Crippen LogP contribution in [-0.4, -0.2) is 24.9 Å². The normalized spacial score (nSPS) is 10.4. The van der Waals surface area contributed by atoms with E-state index >= 15 is 0 Å². The van der Waals surface area contributed by atoms with E-state index in [9.17, 15) is 0 Å². The Hall–Kier alpha value is -1.46. The Balaban J connectivity index is 2.33. The average Bonchev–Trinajstić information content (AvgIpc) is 2.65. The lowest BCUT2D eigenvalue weighted by atomic mass is 10.4. The monoisotopic (exact) mass is 210 g/mol. The first kappa shape index (κ1) is 9.11. The van der Waals surface area contributed by atoms with Gasteiger partial charge in [0.25, 0.3) is 0 Å². The van der Waals surface area contributed by atoms with E-state index in [0.717, 1.165) is 0 Å². The lowest BCUT2D eigenvalue weighted by Gasteiger charge is -1.98. The van der Waals surface area contributed by atoms with Crippen LogP contribution in [-0.2, 0) is 6.61 Å². The molecule has 0 spiro atoms. The van der Waals surface area contributed by atoms with Crippen LogP contribution in [0.4, 0.5) is 0 Å². The van der Waals surface area contributed by atoms with Crippen LogP contribution in [0.5, 0.6) is 0 Å². The minimum Gasteiger partial charge on any atom is -0.392 e. The molecule has 0 bridgehead atoms. The van der Waals surface area contributed by atoms with Crippen LogP contribution < -0.4 is 0 Å². The highest BCUT2D eigenvalue weighted by Crippen LogP contribution is 2.08. The maximum Gasteiger partial charge on any atom is 0.250 e. The van der Waals surface area contributed by atoms with Gasteiger partial charge in [-0.2, -0.15) is 5.10 Å². The summed E-state index contributed by atoms with van der Waals surface area (Å²) in [7, 11) is 0. The number of halogens is 1. The smallest absolute Gasteiger partial charge is 0.250 e. The summed E-state index contributed by atoms with van der Waals surface area (Å²) in [6.07, 6.45) is 6.19. The molecule has 0 unspecified atom stereocenters. The standard InChI is InChI=1S/C8H7ClN4O/c9-7-3-12-13(4-7)8-10-1-6(5-14)2-11-8/h1-4,14H,5H2. The Bertz CT molecular complexity index is 425. The summed E-state index contributed by atoms with van der Waals surface area (Å²) in [5, 5.41) is 13.2. The van der Waals surface area contributed by atoms with Crippen molar-refractivity contribution >= 4 is 11.6 Å². The molecule has 0 aliphatic heterocycles. The molecule has 0 aliphatic rings. The Morgan fingerprint density at radius 1 is 1.29 bits per heavy atom. The molecule has 0 radical (unpaired) electrons. The highest BCUT2D eigenvalue weighted by atomic mass is 35.5. The number of aromatic nitrogens is 4. The SMILES string of the molecule is OCc1cnc(-n2cc(Cl)cn2)nc1. The molecule has 0 atom stereocenters. The van der Waals surface area contributed by atoms with Gasteiger partial charge in [-0.1, -0.05) is 11.6 Å². The second kappa shape index (κ2) is 3.73. The topological polar surface area (TPSA) is 63.8 Å². The zero-order valence-electron chi connectivity index (χ0n) is 7.13. The van der Waals surface area contributed by atoms with Crippen molar-refractivity contribution in [2.45, 2.75) is 6.61 Å². The van der Waals surface area contributed by atoms with Gasteiger partial charge in [-0.3, -0.25) is 0 Å². The molecule has 2 rings (SSSR count). The molecule has 6 heteroatoms. The van der Waals surface area contributed by atoms with Crippen LogP contribution in [0, 0.1) is 0 Å². The molecule has 1 N–H and O–H groups in total. The van der Waals surface area contributed by atoms with Gasteiger partial charge >= 0.3 is 0 Å². The van der Waals surface area contributed by atoms with Crippen LogP contribution >= 0.6 is 11.6 Å². The predicted octanol–water partition coefficient (Wildman–Crippen LogP) is 0.808. The second-order valence-electron chi connectivity index (χ2n) is 2.65. The molecular formula is C8H7ClN4O. The maximum atomic E-state index is 8.78. The molecule has 14 heavy (non-hydrogen) atoms. The van der Waals surface area contributed by atoms with E-state index in [1.165, 1.54) is 23.3 Å². The molecule has 2 heterocycles. The van der Waals surface area contributed by atoms with Gasteiger partial charge in [-0.25, -0.2) is 14.6 Å². The Labute approximate surface area is 85.0 Å². The van der Waals surface area contributed by atoms with E-state index in [2.05, 4.69) is 15.1 Å². The third kappa shape index (κ3) is 1.73. The number of hydrogen-bond acceptors (Lipinski definition) is 4. The summed E-state index contributed by atoms with van der Waals surface area (Å²) in [4.78, 5) is 8.01. The third-order valence-electron chi connectivity index (χ3n) is 1.63. The Kier molecular flexibility index (Phi) is 2.43. The first-order chi connectivity index (χ1) is 6.79. The highest BCUT2D eigenvalue weighted by Gasteiger charge is 2.01. The molecule has 0 saturated carbocycles. The minimum atomic E-state index is -0.0693. The summed E-state index contributed by atoms with van der Waals surface area (Å²) in [5.41, 5.74) is 0.659. The zero-order chi connectivity index (χ0) is 9.97. The van der Waals surface area contributed by atoms with Crippen molar-refractivity contribution in [2.75, 3.05) is 0 Å². The van der Waals surface area contributed by atoms with Crippen molar-refractivity contribution in [3.8, 4) is 5.95 Å². The summed E-state index contributed by atoms with van der Waals surface area (Å²) in [5.74, 6) is 0.425. The van der Waals surface area contributed by atoms with E-state index in [1.54, 1.807) is 6.20 Å². The molecule has 0 amide bonds. The van der Waals surface area contributed by atoms with Gasteiger partial charge in [0, 0.05) is 18.0 Å². The fourth-order valence-electron chi connectivity index (χ4n) is 0.958. The van der Waals surface area contributed by atoms with Crippen LogP contribution in [0.25, 0.3) is 5.95 Å². The molecule has 2 aromatic rings. The molecule has 72 valence electrons. The number of aliphatic hydroxyl groups is 1. The van der Waals surface area contributed by atoms with Crippen molar-refractivity contribution in [1.29, 1.82) is 0 Å². The van der Waals surface area contributed by atoms with Crippen molar-refractivity contribution in [3.05, 3.63) is 35.4 Å². The molecule has 0 aliphatic carbocycles. The number of aliphatic hydroxyl groups excluding tert-OH is 1. The lowest BCUT2D eigenvalue weighted by molar-refractivity contribution is 0.281. The lowest BCUT2D eigenvalue weighted by Crippen LogP contribution is -2.01. The van der Waals surface area contributed by atoms with Gasteiger partial charge < -0.3 is 5.11 Å². The van der Waals surface area contributed by atoms with Gasteiger partial charge in [-0.15, -0.1) is 0 Å². The molecular weight excluding hydrogens is 204 g/mol. The van der Waals surface area contributed by atoms with E-state index in [0.29, 0.717) is 16.5 Å². The Morgan fingerprint density at radius 3 is 2.50 bits per heavy atom. The van der Waals surface area contributed by atoms with Crippen LogP contribution in [0.3, 0.4) is 0 Å². The maximum absolute atomic E-state index is 8.78. The number of nitrogens with zero attached hydrogens (tertiary/aromatic N) is 4. The van der Waals surface area contributed by atoms with Crippen molar-refractivity contribution < 1.29 is 5.11 Å². The zero-order valence-corrected chi connectivity index (χ0v) is 7.89. The first-order valence-electron chi connectivity index (χ1n) is 3.92. The largest absolute Gasteiger partial charge is 0.392 e. The van der Waals surface area contributed by atoms with Crippen LogP contribution in [0.15, 0.2) is 24.8 Å². The van der Waals surface area contributed by atoms with Gasteiger partial charge in [0.1, 0.15) is 0 Å². The molecule has 0 saturated heterocycles.